The van der Waals surface area contributed by atoms with Crippen LogP contribution in [0.25, 0.3) is 0 Å². The summed E-state index contributed by atoms with van der Waals surface area (Å²) in [5.41, 5.74) is 0.296. The van der Waals surface area contributed by atoms with Crippen LogP contribution < -0.4 is 0 Å². The van der Waals surface area contributed by atoms with Gasteiger partial charge in [-0.3, -0.25) is 19.8 Å². The van der Waals surface area contributed by atoms with Gasteiger partial charge < -0.3 is 5.11 Å². The van der Waals surface area contributed by atoms with E-state index in [1.807, 2.05) is 0 Å². The van der Waals surface area contributed by atoms with Gasteiger partial charge in [0.25, 0.3) is 5.69 Å². The molecule has 0 aliphatic carbocycles. The number of carboxylic acids is 1. The van der Waals surface area contributed by atoms with Crippen molar-refractivity contribution in [1.29, 1.82) is 0 Å². The molecule has 0 bridgehead atoms. The molecule has 6 nitrogen and oxygen atoms in total. The van der Waals surface area contributed by atoms with Crippen molar-refractivity contribution >= 4 is 23.3 Å². The third kappa shape index (κ3) is 4.69. The first kappa shape index (κ1) is 15.1. The van der Waals surface area contributed by atoms with Gasteiger partial charge in [0.15, 0.2) is 0 Å². The maximum Gasteiger partial charge on any atom is 0.317 e. The number of nitro groups is 1. The molecular formula is C12H13ClN2O4. The van der Waals surface area contributed by atoms with E-state index in [4.69, 9.17) is 16.7 Å². The summed E-state index contributed by atoms with van der Waals surface area (Å²) >= 11 is 5.71. The molecule has 0 aliphatic rings. The van der Waals surface area contributed by atoms with E-state index in [0.717, 1.165) is 0 Å². The molecular weight excluding hydrogens is 272 g/mol. The van der Waals surface area contributed by atoms with E-state index in [2.05, 4.69) is 6.58 Å². The highest BCUT2D eigenvalue weighted by Crippen LogP contribution is 2.24. The molecule has 0 aromatic heterocycles. The Balaban J connectivity index is 2.98. The molecule has 0 saturated heterocycles. The molecule has 102 valence electrons. The van der Waals surface area contributed by atoms with Gasteiger partial charge in [0.1, 0.15) is 0 Å². The molecule has 0 heterocycles. The number of rotatable bonds is 7. The first-order valence-electron chi connectivity index (χ1n) is 5.42. The maximum atomic E-state index is 10.9. The minimum atomic E-state index is -1.00. The highest BCUT2D eigenvalue weighted by Gasteiger charge is 2.17. The number of benzene rings is 1. The van der Waals surface area contributed by atoms with Crippen LogP contribution in [0.5, 0.6) is 0 Å². The Morgan fingerprint density at radius 1 is 1.58 bits per heavy atom. The number of hydrogen-bond acceptors (Lipinski definition) is 4. The van der Waals surface area contributed by atoms with Gasteiger partial charge >= 0.3 is 5.97 Å². The Labute approximate surface area is 115 Å². The van der Waals surface area contributed by atoms with Gasteiger partial charge in [-0.25, -0.2) is 0 Å². The molecule has 0 aliphatic heterocycles. The second kappa shape index (κ2) is 6.86. The summed E-state index contributed by atoms with van der Waals surface area (Å²) in [6, 6.07) is 4.32. The van der Waals surface area contributed by atoms with Crippen LogP contribution in [-0.4, -0.2) is 34.0 Å². The topological polar surface area (TPSA) is 83.7 Å². The monoisotopic (exact) mass is 284 g/mol. The van der Waals surface area contributed by atoms with E-state index in [-0.39, 0.29) is 23.8 Å². The zero-order valence-corrected chi connectivity index (χ0v) is 10.8. The Kier molecular flexibility index (Phi) is 5.47. The van der Waals surface area contributed by atoms with Crippen LogP contribution in [0.1, 0.15) is 5.56 Å². The third-order valence-corrected chi connectivity index (χ3v) is 2.62. The predicted octanol–water partition coefficient (Wildman–Crippen LogP) is 2.32. The predicted molar refractivity (Wildman–Crippen MR) is 71.2 cm³/mol. The van der Waals surface area contributed by atoms with Crippen molar-refractivity contribution in [2.24, 2.45) is 0 Å². The molecule has 0 saturated carbocycles. The summed E-state index contributed by atoms with van der Waals surface area (Å²) in [4.78, 5) is 22.6. The number of carboxylic acid groups (broad SMARTS) is 1. The smallest absolute Gasteiger partial charge is 0.317 e. The molecule has 7 heteroatoms. The fraction of sp³-hybridized carbons (Fsp3) is 0.250. The van der Waals surface area contributed by atoms with E-state index >= 15 is 0 Å². The van der Waals surface area contributed by atoms with Crippen molar-refractivity contribution in [1.82, 2.24) is 4.90 Å². The van der Waals surface area contributed by atoms with Crippen molar-refractivity contribution in [3.63, 3.8) is 0 Å². The van der Waals surface area contributed by atoms with Crippen LogP contribution in [-0.2, 0) is 11.3 Å². The quantitative estimate of drug-likeness (QED) is 0.472. The lowest BCUT2D eigenvalue weighted by Gasteiger charge is -2.18. The van der Waals surface area contributed by atoms with Crippen molar-refractivity contribution in [3.05, 3.63) is 51.6 Å². The molecule has 1 N–H and O–H groups in total. The van der Waals surface area contributed by atoms with Gasteiger partial charge in [0, 0.05) is 29.7 Å². The summed E-state index contributed by atoms with van der Waals surface area (Å²) in [5.74, 6) is -1.00. The fourth-order valence-corrected chi connectivity index (χ4v) is 1.81. The Bertz CT molecular complexity index is 505. The van der Waals surface area contributed by atoms with E-state index in [1.54, 1.807) is 6.08 Å². The Morgan fingerprint density at radius 3 is 2.79 bits per heavy atom. The third-order valence-electron chi connectivity index (χ3n) is 2.38. The molecule has 0 spiro atoms. The highest BCUT2D eigenvalue weighted by atomic mass is 35.5. The van der Waals surface area contributed by atoms with Crippen molar-refractivity contribution in [3.8, 4) is 0 Å². The second-order valence-corrected chi connectivity index (χ2v) is 4.32. The standard InChI is InChI=1S/C12H13ClN2O4/c1-2-5-14(8-12(16)17)7-9-3-4-10(13)6-11(9)15(18)19/h2-4,6H,1,5,7-8H2,(H,16,17). The normalized spacial score (nSPS) is 10.4. The van der Waals surface area contributed by atoms with Gasteiger partial charge in [-0.15, -0.1) is 6.58 Å². The van der Waals surface area contributed by atoms with Crippen LogP contribution in [0, 0.1) is 10.1 Å². The number of hydrogen-bond donors (Lipinski definition) is 1. The van der Waals surface area contributed by atoms with Crippen LogP contribution in [0.2, 0.25) is 5.02 Å². The summed E-state index contributed by atoms with van der Waals surface area (Å²) < 4.78 is 0. The second-order valence-electron chi connectivity index (χ2n) is 3.88. The molecule has 1 aromatic rings. The van der Waals surface area contributed by atoms with Crippen LogP contribution in [0.15, 0.2) is 30.9 Å². The Hall–Kier alpha value is -1.92. The van der Waals surface area contributed by atoms with Crippen molar-refractivity contribution < 1.29 is 14.8 Å². The summed E-state index contributed by atoms with van der Waals surface area (Å²) in [6.45, 7) is 3.79. The zero-order chi connectivity index (χ0) is 14.4. The van der Waals surface area contributed by atoms with Gasteiger partial charge in [0.05, 0.1) is 11.5 Å². The van der Waals surface area contributed by atoms with Crippen molar-refractivity contribution in [2.75, 3.05) is 13.1 Å². The fourth-order valence-electron chi connectivity index (χ4n) is 1.64. The van der Waals surface area contributed by atoms with Gasteiger partial charge in [-0.1, -0.05) is 17.7 Å². The van der Waals surface area contributed by atoms with Crippen LogP contribution in [0.4, 0.5) is 5.69 Å². The molecule has 19 heavy (non-hydrogen) atoms. The summed E-state index contributed by atoms with van der Waals surface area (Å²) in [6.07, 6.45) is 1.55. The number of nitrogens with zero attached hydrogens (tertiary/aromatic N) is 2. The average Bonchev–Trinajstić information content (AvgIpc) is 2.30. The largest absolute Gasteiger partial charge is 0.480 e. The molecule has 0 unspecified atom stereocenters. The average molecular weight is 285 g/mol. The zero-order valence-electron chi connectivity index (χ0n) is 10.1. The molecule has 0 amide bonds. The number of aliphatic carboxylic acids is 1. The minimum Gasteiger partial charge on any atom is -0.480 e. The lowest BCUT2D eigenvalue weighted by molar-refractivity contribution is -0.385. The lowest BCUT2D eigenvalue weighted by atomic mass is 10.1. The van der Waals surface area contributed by atoms with E-state index in [9.17, 15) is 14.9 Å². The van der Waals surface area contributed by atoms with Crippen LogP contribution in [0.3, 0.4) is 0 Å². The van der Waals surface area contributed by atoms with Gasteiger partial charge in [-0.05, 0) is 12.1 Å². The maximum absolute atomic E-state index is 10.9. The molecule has 0 fully saturated rings. The minimum absolute atomic E-state index is 0.119. The molecule has 0 atom stereocenters. The molecule has 1 aromatic carbocycles. The highest BCUT2D eigenvalue weighted by molar-refractivity contribution is 6.30. The number of halogens is 1. The number of nitro benzene ring substituents is 1. The summed E-state index contributed by atoms with van der Waals surface area (Å²) in [7, 11) is 0. The van der Waals surface area contributed by atoms with Gasteiger partial charge in [-0.2, -0.15) is 0 Å². The van der Waals surface area contributed by atoms with E-state index < -0.39 is 10.9 Å². The van der Waals surface area contributed by atoms with E-state index in [0.29, 0.717) is 12.1 Å². The van der Waals surface area contributed by atoms with Crippen LogP contribution >= 0.6 is 11.6 Å². The van der Waals surface area contributed by atoms with E-state index in [1.165, 1.54) is 23.1 Å². The first-order valence-corrected chi connectivity index (χ1v) is 5.79. The Morgan fingerprint density at radius 2 is 2.26 bits per heavy atom. The first-order chi connectivity index (χ1) is 8.93. The molecule has 0 radical (unpaired) electrons. The lowest BCUT2D eigenvalue weighted by Crippen LogP contribution is -2.29. The SMILES string of the molecule is C=CCN(CC(=O)O)Cc1ccc(Cl)cc1[N+](=O)[O-]. The van der Waals surface area contributed by atoms with Crippen molar-refractivity contribution in [2.45, 2.75) is 6.54 Å². The number of carbonyl (C=O) groups is 1. The van der Waals surface area contributed by atoms with Gasteiger partial charge in [0.2, 0.25) is 0 Å². The molecule has 1 rings (SSSR count). The summed E-state index contributed by atoms with van der Waals surface area (Å²) in [5, 5.41) is 20.0.